The molecule has 1 atom stereocenters. The number of nitrogens with two attached hydrogens (primary N) is 1. The molecule has 1 heterocycles. The molecule has 1 unspecified atom stereocenters. The molecule has 32 heavy (non-hydrogen) atoms. The van der Waals surface area contributed by atoms with Gasteiger partial charge in [0.15, 0.2) is 0 Å². The number of amides is 2. The van der Waals surface area contributed by atoms with Gasteiger partial charge in [-0.15, -0.1) is 11.3 Å². The maximum atomic E-state index is 12.5. The summed E-state index contributed by atoms with van der Waals surface area (Å²) < 4.78 is 34.3. The predicted molar refractivity (Wildman–Crippen MR) is 121 cm³/mol. The number of nitrogens with one attached hydrogen (secondary N) is 1. The molecular weight excluding hydrogens is 452 g/mol. The predicted octanol–water partition coefficient (Wildman–Crippen LogP) is 2.87. The summed E-state index contributed by atoms with van der Waals surface area (Å²) in [5.41, 5.74) is 6.01. The van der Waals surface area contributed by atoms with Gasteiger partial charge in [-0.2, -0.15) is 4.40 Å². The molecule has 0 aliphatic heterocycles. The van der Waals surface area contributed by atoms with Crippen molar-refractivity contribution in [2.45, 2.75) is 68.6 Å². The van der Waals surface area contributed by atoms with Crippen molar-refractivity contribution in [2.75, 3.05) is 0 Å². The van der Waals surface area contributed by atoms with E-state index in [0.717, 1.165) is 35.6 Å². The quantitative estimate of drug-likeness (QED) is 0.644. The number of rotatable bonds is 6. The maximum Gasteiger partial charge on any atom is 0.404 e. The van der Waals surface area contributed by atoms with Gasteiger partial charge in [-0.25, -0.2) is 18.2 Å². The Balaban J connectivity index is 1.53. The van der Waals surface area contributed by atoms with E-state index in [9.17, 15) is 18.0 Å². The molecule has 9 nitrogen and oxygen atoms in total. The molecule has 3 N–H and O–H groups in total. The zero-order valence-electron chi connectivity index (χ0n) is 17.7. The Morgan fingerprint density at radius 2 is 1.94 bits per heavy atom. The van der Waals surface area contributed by atoms with Crippen molar-refractivity contribution in [3.05, 3.63) is 40.0 Å². The summed E-state index contributed by atoms with van der Waals surface area (Å²) in [5.74, 6) is -0.323. The van der Waals surface area contributed by atoms with Gasteiger partial charge >= 0.3 is 6.09 Å². The largest absolute Gasteiger partial charge is 0.446 e. The smallest absolute Gasteiger partial charge is 0.404 e. The Labute approximate surface area is 190 Å². The van der Waals surface area contributed by atoms with Gasteiger partial charge in [0.1, 0.15) is 6.10 Å². The lowest BCUT2D eigenvalue weighted by Gasteiger charge is -2.26. The van der Waals surface area contributed by atoms with Crippen LogP contribution >= 0.6 is 11.3 Å². The highest BCUT2D eigenvalue weighted by Gasteiger charge is 2.37. The molecule has 2 amide bonds. The minimum atomic E-state index is -3.58. The van der Waals surface area contributed by atoms with Crippen LogP contribution in [0.3, 0.4) is 0 Å². The van der Waals surface area contributed by atoms with Crippen LogP contribution in [0.15, 0.2) is 34.5 Å². The number of thiazole rings is 1. The second-order valence-corrected chi connectivity index (χ2v) is 11.3. The van der Waals surface area contributed by atoms with Gasteiger partial charge in [0, 0.05) is 29.6 Å². The third-order valence-electron chi connectivity index (χ3n) is 5.74. The first-order valence-electron chi connectivity index (χ1n) is 10.6. The van der Waals surface area contributed by atoms with Crippen LogP contribution in [0.4, 0.5) is 4.79 Å². The van der Waals surface area contributed by atoms with Crippen molar-refractivity contribution in [1.29, 1.82) is 0 Å². The SMILES string of the molecule is CC(=O)NC1=CC(=NS(=O)(=O)C2CC2)C(c2cnc(C3CCC(OC(N)=O)CC3)s2)C=C1. The summed E-state index contributed by atoms with van der Waals surface area (Å²) in [4.78, 5) is 27.9. The van der Waals surface area contributed by atoms with Gasteiger partial charge in [-0.3, -0.25) is 4.79 Å². The van der Waals surface area contributed by atoms with Crippen LogP contribution in [0.5, 0.6) is 0 Å². The Kier molecular flexibility index (Phi) is 6.47. The zero-order chi connectivity index (χ0) is 22.9. The first-order chi connectivity index (χ1) is 15.2. The number of sulfonamides is 1. The van der Waals surface area contributed by atoms with Gasteiger partial charge in [-0.1, -0.05) is 6.08 Å². The van der Waals surface area contributed by atoms with E-state index in [4.69, 9.17) is 10.5 Å². The van der Waals surface area contributed by atoms with E-state index in [1.54, 1.807) is 29.7 Å². The normalized spacial score (nSPS) is 27.1. The molecule has 1 aromatic rings. The Morgan fingerprint density at radius 1 is 1.22 bits per heavy atom. The van der Waals surface area contributed by atoms with E-state index >= 15 is 0 Å². The maximum absolute atomic E-state index is 12.5. The van der Waals surface area contributed by atoms with E-state index in [0.29, 0.717) is 24.3 Å². The minimum Gasteiger partial charge on any atom is -0.446 e. The van der Waals surface area contributed by atoms with Crippen molar-refractivity contribution >= 4 is 39.1 Å². The van der Waals surface area contributed by atoms with Gasteiger partial charge in [-0.05, 0) is 50.7 Å². The monoisotopic (exact) mass is 478 g/mol. The lowest BCUT2D eigenvalue weighted by molar-refractivity contribution is -0.118. The Morgan fingerprint density at radius 3 is 2.56 bits per heavy atom. The van der Waals surface area contributed by atoms with E-state index in [2.05, 4.69) is 14.7 Å². The third-order valence-corrected chi connectivity index (χ3v) is 8.77. The van der Waals surface area contributed by atoms with Gasteiger partial charge in [0.2, 0.25) is 5.91 Å². The summed E-state index contributed by atoms with van der Waals surface area (Å²) >= 11 is 1.54. The van der Waals surface area contributed by atoms with Gasteiger partial charge in [0.05, 0.1) is 21.9 Å². The summed E-state index contributed by atoms with van der Waals surface area (Å²) in [5, 5.41) is 3.26. The van der Waals surface area contributed by atoms with E-state index < -0.39 is 21.4 Å². The van der Waals surface area contributed by atoms with Crippen molar-refractivity contribution < 1.29 is 22.7 Å². The number of nitrogens with zero attached hydrogens (tertiary/aromatic N) is 2. The third kappa shape index (κ3) is 5.44. The summed E-state index contributed by atoms with van der Waals surface area (Å²) in [6, 6.07) is 0. The van der Waals surface area contributed by atoms with E-state index in [1.807, 2.05) is 6.08 Å². The molecule has 0 aromatic carbocycles. The number of primary amides is 1. The molecular formula is C21H26N4O5S2. The van der Waals surface area contributed by atoms with Gasteiger partial charge < -0.3 is 15.8 Å². The zero-order valence-corrected chi connectivity index (χ0v) is 19.3. The van der Waals surface area contributed by atoms with Crippen molar-refractivity contribution in [1.82, 2.24) is 10.3 Å². The van der Waals surface area contributed by atoms with E-state index in [-0.39, 0.29) is 23.8 Å². The van der Waals surface area contributed by atoms with Crippen LogP contribution in [0.1, 0.15) is 67.2 Å². The van der Waals surface area contributed by atoms with Crippen LogP contribution in [-0.2, 0) is 19.6 Å². The molecule has 4 rings (SSSR count). The lowest BCUT2D eigenvalue weighted by atomic mass is 9.88. The second-order valence-electron chi connectivity index (χ2n) is 8.36. The standard InChI is InChI=1S/C21H26N4O5S2/c1-12(26)24-14-4-9-17(18(10-14)25-32(28,29)16-7-8-16)19-11-23-20(31-19)13-2-5-15(6-3-13)30-21(22)27/h4,9-11,13,15-17H,2-3,5-8H2,1H3,(H2,22,27)(H,24,26). The summed E-state index contributed by atoms with van der Waals surface area (Å²) in [6.45, 7) is 1.40. The average Bonchev–Trinajstić information content (AvgIpc) is 3.47. The topological polar surface area (TPSA) is 141 Å². The van der Waals surface area contributed by atoms with Crippen molar-refractivity contribution in [3.63, 3.8) is 0 Å². The first kappa shape index (κ1) is 22.7. The number of allylic oxidation sites excluding steroid dienone is 3. The van der Waals surface area contributed by atoms with Crippen LogP contribution < -0.4 is 11.1 Å². The fourth-order valence-corrected chi connectivity index (χ4v) is 6.53. The van der Waals surface area contributed by atoms with Crippen LogP contribution in [0.25, 0.3) is 0 Å². The van der Waals surface area contributed by atoms with Crippen LogP contribution in [0, 0.1) is 0 Å². The fraction of sp³-hybridized carbons (Fsp3) is 0.524. The molecule has 2 saturated carbocycles. The molecule has 1 aromatic heterocycles. The summed E-state index contributed by atoms with van der Waals surface area (Å²) in [6.07, 6.45) is 10.6. The number of aromatic nitrogens is 1. The number of hydrogen-bond donors (Lipinski definition) is 2. The van der Waals surface area contributed by atoms with Crippen LogP contribution in [0.2, 0.25) is 0 Å². The summed E-state index contributed by atoms with van der Waals surface area (Å²) in [7, 11) is -3.58. The minimum absolute atomic E-state index is 0.145. The Bertz CT molecular complexity index is 1090. The highest BCUT2D eigenvalue weighted by Crippen LogP contribution is 2.39. The Hall–Kier alpha value is -2.53. The molecule has 0 saturated heterocycles. The molecule has 0 radical (unpaired) electrons. The fourth-order valence-electron chi connectivity index (χ4n) is 4.01. The second kappa shape index (κ2) is 9.14. The number of carbonyl (C=O) groups is 2. The number of hydrogen-bond acceptors (Lipinski definition) is 7. The first-order valence-corrected chi connectivity index (χ1v) is 13.0. The number of carbonyl (C=O) groups excluding carboxylic acids is 2. The average molecular weight is 479 g/mol. The molecule has 3 aliphatic carbocycles. The van der Waals surface area contributed by atoms with Crippen molar-refractivity contribution in [2.24, 2.45) is 10.1 Å². The lowest BCUT2D eigenvalue weighted by Crippen LogP contribution is -2.26. The van der Waals surface area contributed by atoms with Crippen LogP contribution in [-0.4, -0.2) is 42.5 Å². The molecule has 0 bridgehead atoms. The highest BCUT2D eigenvalue weighted by atomic mass is 32.2. The number of ether oxygens (including phenoxy) is 1. The molecule has 0 spiro atoms. The molecule has 3 aliphatic rings. The molecule has 11 heteroatoms. The van der Waals surface area contributed by atoms with Crippen molar-refractivity contribution in [3.8, 4) is 0 Å². The highest BCUT2D eigenvalue weighted by molar-refractivity contribution is 7.91. The van der Waals surface area contributed by atoms with E-state index in [1.165, 1.54) is 6.92 Å². The molecule has 2 fully saturated rings. The molecule has 172 valence electrons. The van der Waals surface area contributed by atoms with Gasteiger partial charge in [0.25, 0.3) is 10.0 Å².